The van der Waals surface area contributed by atoms with Gasteiger partial charge in [0, 0.05) is 24.7 Å². The summed E-state index contributed by atoms with van der Waals surface area (Å²) in [5.41, 5.74) is 8.63. The van der Waals surface area contributed by atoms with E-state index in [0.29, 0.717) is 17.9 Å². The van der Waals surface area contributed by atoms with Crippen LogP contribution >= 0.6 is 0 Å². The Kier molecular flexibility index (Phi) is 3.92. The lowest BCUT2D eigenvalue weighted by molar-refractivity contribution is 0.338. The number of hydrogen-bond donors (Lipinski definition) is 2. The Morgan fingerprint density at radius 2 is 2.09 bits per heavy atom. The minimum Gasteiger partial charge on any atom is -0.368 e. The van der Waals surface area contributed by atoms with E-state index in [1.54, 1.807) is 0 Å². The standard InChI is InChI=1S/C18H29N5/c1-11(2)12-5-6-14-15(8-12)21-18(19)22-17(14)23-9-13-4-3-7-20-16(13)10-23/h11-13,16,20H,3-10H2,1-2H3,(H2,19,21,22). The number of anilines is 2. The molecule has 0 amide bonds. The Morgan fingerprint density at radius 3 is 2.87 bits per heavy atom. The molecule has 5 nitrogen and oxygen atoms in total. The molecule has 0 spiro atoms. The van der Waals surface area contributed by atoms with Crippen LogP contribution in [0.15, 0.2) is 0 Å². The SMILES string of the molecule is CC(C)C1CCc2c(nc(N)nc2N2CC3CCCNC3C2)C1. The predicted octanol–water partition coefficient (Wildman–Crippen LogP) is 2.01. The molecule has 4 rings (SSSR count). The van der Waals surface area contributed by atoms with Crippen molar-refractivity contribution in [2.45, 2.75) is 52.0 Å². The molecule has 2 fully saturated rings. The van der Waals surface area contributed by atoms with E-state index in [9.17, 15) is 0 Å². The topological polar surface area (TPSA) is 67.1 Å². The number of piperidine rings is 1. The molecule has 0 radical (unpaired) electrons. The molecule has 0 aromatic carbocycles. The normalized spacial score (nSPS) is 30.4. The highest BCUT2D eigenvalue weighted by atomic mass is 15.3. The highest BCUT2D eigenvalue weighted by Gasteiger charge is 2.37. The molecule has 23 heavy (non-hydrogen) atoms. The summed E-state index contributed by atoms with van der Waals surface area (Å²) in [6, 6.07) is 0.627. The van der Waals surface area contributed by atoms with Gasteiger partial charge in [0.15, 0.2) is 0 Å². The summed E-state index contributed by atoms with van der Waals surface area (Å²) in [4.78, 5) is 11.7. The van der Waals surface area contributed by atoms with Crippen molar-refractivity contribution in [2.75, 3.05) is 30.3 Å². The predicted molar refractivity (Wildman–Crippen MR) is 93.5 cm³/mol. The van der Waals surface area contributed by atoms with E-state index in [2.05, 4.69) is 34.0 Å². The van der Waals surface area contributed by atoms with Gasteiger partial charge in [0.2, 0.25) is 5.95 Å². The molecule has 3 N–H and O–H groups in total. The van der Waals surface area contributed by atoms with E-state index in [1.807, 2.05) is 0 Å². The molecule has 3 unspecified atom stereocenters. The molecule has 1 aliphatic carbocycles. The Hall–Kier alpha value is -1.36. The number of hydrogen-bond acceptors (Lipinski definition) is 5. The van der Waals surface area contributed by atoms with E-state index >= 15 is 0 Å². The molecule has 3 aliphatic rings. The Balaban J connectivity index is 1.62. The molecule has 0 bridgehead atoms. The second-order valence-electron chi connectivity index (χ2n) is 7.95. The average molecular weight is 315 g/mol. The van der Waals surface area contributed by atoms with Gasteiger partial charge in [-0.15, -0.1) is 0 Å². The number of aromatic nitrogens is 2. The molecule has 2 saturated heterocycles. The number of nitrogens with zero attached hydrogens (tertiary/aromatic N) is 3. The number of rotatable bonds is 2. The van der Waals surface area contributed by atoms with E-state index in [4.69, 9.17) is 5.73 Å². The van der Waals surface area contributed by atoms with Crippen molar-refractivity contribution < 1.29 is 0 Å². The zero-order chi connectivity index (χ0) is 16.0. The van der Waals surface area contributed by atoms with Crippen molar-refractivity contribution in [3.05, 3.63) is 11.3 Å². The summed E-state index contributed by atoms with van der Waals surface area (Å²) in [5, 5.41) is 3.68. The monoisotopic (exact) mass is 315 g/mol. The van der Waals surface area contributed by atoms with Gasteiger partial charge in [0.05, 0.1) is 5.69 Å². The van der Waals surface area contributed by atoms with Crippen molar-refractivity contribution in [1.82, 2.24) is 15.3 Å². The van der Waals surface area contributed by atoms with Crippen molar-refractivity contribution >= 4 is 11.8 Å². The van der Waals surface area contributed by atoms with Crippen LogP contribution in [-0.2, 0) is 12.8 Å². The molecule has 2 aliphatic heterocycles. The van der Waals surface area contributed by atoms with Crippen LogP contribution in [0.4, 0.5) is 11.8 Å². The number of fused-ring (bicyclic) bond motifs is 2. The third-order valence-electron chi connectivity index (χ3n) is 6.15. The Bertz CT molecular complexity index is 571. The highest BCUT2D eigenvalue weighted by molar-refractivity contribution is 5.54. The molecule has 5 heteroatoms. The summed E-state index contributed by atoms with van der Waals surface area (Å²) in [7, 11) is 0. The summed E-state index contributed by atoms with van der Waals surface area (Å²) in [5.74, 6) is 3.79. The quantitative estimate of drug-likeness (QED) is 0.874. The van der Waals surface area contributed by atoms with Gasteiger partial charge < -0.3 is 16.0 Å². The van der Waals surface area contributed by atoms with Gasteiger partial charge in [-0.3, -0.25) is 0 Å². The summed E-state index contributed by atoms with van der Waals surface area (Å²) >= 11 is 0. The van der Waals surface area contributed by atoms with Gasteiger partial charge in [-0.1, -0.05) is 13.8 Å². The third-order valence-corrected chi connectivity index (χ3v) is 6.15. The van der Waals surface area contributed by atoms with Crippen LogP contribution in [0.3, 0.4) is 0 Å². The first-order chi connectivity index (χ1) is 11.1. The smallest absolute Gasteiger partial charge is 0.222 e. The first kappa shape index (κ1) is 15.2. The largest absolute Gasteiger partial charge is 0.368 e. The van der Waals surface area contributed by atoms with Gasteiger partial charge in [-0.25, -0.2) is 4.98 Å². The maximum absolute atomic E-state index is 6.05. The molecule has 3 heterocycles. The van der Waals surface area contributed by atoms with Crippen molar-refractivity contribution in [2.24, 2.45) is 17.8 Å². The molecular formula is C18H29N5. The van der Waals surface area contributed by atoms with Gasteiger partial charge in [0.25, 0.3) is 0 Å². The molecule has 126 valence electrons. The van der Waals surface area contributed by atoms with Crippen molar-refractivity contribution in [3.8, 4) is 0 Å². The lowest BCUT2D eigenvalue weighted by Crippen LogP contribution is -2.40. The number of nitrogens with one attached hydrogen (secondary N) is 1. The van der Waals surface area contributed by atoms with E-state index in [0.717, 1.165) is 50.1 Å². The highest BCUT2D eigenvalue weighted by Crippen LogP contribution is 2.36. The van der Waals surface area contributed by atoms with Crippen LogP contribution in [0.1, 0.15) is 44.4 Å². The van der Waals surface area contributed by atoms with E-state index in [-0.39, 0.29) is 0 Å². The van der Waals surface area contributed by atoms with Gasteiger partial charge in [0.1, 0.15) is 5.82 Å². The number of nitrogen functional groups attached to an aromatic ring is 1. The molecule has 3 atom stereocenters. The second-order valence-corrected chi connectivity index (χ2v) is 7.95. The molecule has 0 saturated carbocycles. The first-order valence-corrected chi connectivity index (χ1v) is 9.25. The first-order valence-electron chi connectivity index (χ1n) is 9.25. The van der Waals surface area contributed by atoms with Gasteiger partial charge in [-0.2, -0.15) is 4.98 Å². The minimum absolute atomic E-state index is 0.450. The van der Waals surface area contributed by atoms with Crippen LogP contribution in [-0.4, -0.2) is 35.6 Å². The van der Waals surface area contributed by atoms with Gasteiger partial charge >= 0.3 is 0 Å². The fourth-order valence-corrected chi connectivity index (χ4v) is 4.69. The molecule has 1 aromatic rings. The van der Waals surface area contributed by atoms with E-state index < -0.39 is 0 Å². The summed E-state index contributed by atoms with van der Waals surface area (Å²) in [6.07, 6.45) is 6.06. The Labute approximate surface area is 139 Å². The molecular weight excluding hydrogens is 286 g/mol. The lowest BCUT2D eigenvalue weighted by atomic mass is 9.80. The van der Waals surface area contributed by atoms with Crippen molar-refractivity contribution in [3.63, 3.8) is 0 Å². The van der Waals surface area contributed by atoms with Crippen LogP contribution in [0.25, 0.3) is 0 Å². The van der Waals surface area contributed by atoms with Crippen molar-refractivity contribution in [1.29, 1.82) is 0 Å². The third kappa shape index (κ3) is 2.80. The second kappa shape index (κ2) is 5.93. The van der Waals surface area contributed by atoms with Crippen LogP contribution < -0.4 is 16.0 Å². The van der Waals surface area contributed by atoms with Crippen LogP contribution in [0.2, 0.25) is 0 Å². The maximum Gasteiger partial charge on any atom is 0.222 e. The van der Waals surface area contributed by atoms with Crippen LogP contribution in [0.5, 0.6) is 0 Å². The average Bonchev–Trinajstić information content (AvgIpc) is 2.97. The van der Waals surface area contributed by atoms with Gasteiger partial charge in [-0.05, 0) is 56.4 Å². The molecule has 1 aromatic heterocycles. The lowest BCUT2D eigenvalue weighted by Gasteiger charge is -2.30. The maximum atomic E-state index is 6.05. The summed E-state index contributed by atoms with van der Waals surface area (Å²) in [6.45, 7) is 7.99. The summed E-state index contributed by atoms with van der Waals surface area (Å²) < 4.78 is 0. The zero-order valence-corrected chi connectivity index (χ0v) is 14.4. The fourth-order valence-electron chi connectivity index (χ4n) is 4.69. The number of nitrogens with two attached hydrogens (primary N) is 1. The van der Waals surface area contributed by atoms with E-state index in [1.165, 1.54) is 30.5 Å². The zero-order valence-electron chi connectivity index (χ0n) is 14.4. The van der Waals surface area contributed by atoms with Crippen LogP contribution in [0, 0.1) is 17.8 Å². The fraction of sp³-hybridized carbons (Fsp3) is 0.778. The minimum atomic E-state index is 0.450. The Morgan fingerprint density at radius 1 is 1.22 bits per heavy atom.